The average Bonchev–Trinajstić information content (AvgIpc) is 2.50. The standard InChI is InChI=1S/C14H14O2/c1-9-10(2)13(14(15)16-3)12-8-6-4-5-7-11(9)12/h4-8H,1-3H3. The highest BCUT2D eigenvalue weighted by Gasteiger charge is 2.22. The first-order valence-corrected chi connectivity index (χ1v) is 5.23. The maximum absolute atomic E-state index is 11.7. The van der Waals surface area contributed by atoms with E-state index in [1.165, 1.54) is 7.11 Å². The molecule has 0 saturated carbocycles. The zero-order valence-corrected chi connectivity index (χ0v) is 9.70. The zero-order valence-electron chi connectivity index (χ0n) is 9.70. The van der Waals surface area contributed by atoms with Gasteiger partial charge in [-0.05, 0) is 36.1 Å². The van der Waals surface area contributed by atoms with Crippen LogP contribution >= 0.6 is 0 Å². The number of methoxy groups -OCH3 is 1. The van der Waals surface area contributed by atoms with E-state index in [2.05, 4.69) is 0 Å². The normalized spacial score (nSPS) is 10.4. The maximum atomic E-state index is 11.7. The van der Waals surface area contributed by atoms with E-state index >= 15 is 0 Å². The van der Waals surface area contributed by atoms with Crippen LogP contribution in [0.5, 0.6) is 0 Å². The molecule has 16 heavy (non-hydrogen) atoms. The molecule has 2 heteroatoms. The Morgan fingerprint density at radius 1 is 1.00 bits per heavy atom. The predicted molar refractivity (Wildman–Crippen MR) is 63.9 cm³/mol. The lowest BCUT2D eigenvalue weighted by Gasteiger charge is -2.00. The van der Waals surface area contributed by atoms with Gasteiger partial charge in [-0.25, -0.2) is 4.79 Å². The molecule has 0 spiro atoms. The fourth-order valence-electron chi connectivity index (χ4n) is 2.05. The minimum absolute atomic E-state index is 0.262. The molecule has 0 saturated heterocycles. The summed E-state index contributed by atoms with van der Waals surface area (Å²) in [6.07, 6.45) is 0. The van der Waals surface area contributed by atoms with E-state index in [0.717, 1.165) is 22.3 Å². The fourth-order valence-corrected chi connectivity index (χ4v) is 2.05. The summed E-state index contributed by atoms with van der Waals surface area (Å²) in [5.41, 5.74) is 4.92. The minimum Gasteiger partial charge on any atom is -0.465 e. The van der Waals surface area contributed by atoms with Crippen molar-refractivity contribution < 1.29 is 9.53 Å². The first kappa shape index (κ1) is 10.7. The van der Waals surface area contributed by atoms with Crippen LogP contribution in [0.2, 0.25) is 0 Å². The van der Waals surface area contributed by atoms with E-state index in [1.807, 2.05) is 44.2 Å². The lowest BCUT2D eigenvalue weighted by atomic mass is 10.1. The molecule has 0 unspecified atom stereocenters. The van der Waals surface area contributed by atoms with Gasteiger partial charge in [0.25, 0.3) is 0 Å². The van der Waals surface area contributed by atoms with Crippen molar-refractivity contribution in [2.75, 3.05) is 7.11 Å². The smallest absolute Gasteiger partial charge is 0.338 e. The number of hydrogen-bond donors (Lipinski definition) is 0. The van der Waals surface area contributed by atoms with Crippen molar-refractivity contribution in [1.29, 1.82) is 0 Å². The molecule has 2 nitrogen and oxygen atoms in total. The Balaban J connectivity index is 2.78. The Bertz CT molecular complexity index is 515. The van der Waals surface area contributed by atoms with Crippen LogP contribution in [0.4, 0.5) is 0 Å². The third-order valence-corrected chi connectivity index (χ3v) is 3.04. The number of rotatable bonds is 1. The van der Waals surface area contributed by atoms with E-state index in [0.29, 0.717) is 5.56 Å². The van der Waals surface area contributed by atoms with Crippen LogP contribution in [0.3, 0.4) is 0 Å². The van der Waals surface area contributed by atoms with Crippen molar-refractivity contribution in [2.24, 2.45) is 0 Å². The molecule has 0 amide bonds. The molecule has 2 aliphatic rings. The molecule has 0 atom stereocenters. The Hall–Kier alpha value is -1.83. The Kier molecular flexibility index (Phi) is 2.65. The molecule has 0 radical (unpaired) electrons. The summed E-state index contributed by atoms with van der Waals surface area (Å²) < 4.78 is 4.83. The van der Waals surface area contributed by atoms with Crippen molar-refractivity contribution >= 4 is 5.97 Å². The summed E-state index contributed by atoms with van der Waals surface area (Å²) in [5, 5.41) is 0. The molecule has 0 aliphatic heterocycles. The fraction of sp³-hybridized carbons (Fsp3) is 0.214. The molecule has 0 heterocycles. The van der Waals surface area contributed by atoms with Gasteiger partial charge in [0.15, 0.2) is 0 Å². The highest BCUT2D eigenvalue weighted by atomic mass is 16.5. The van der Waals surface area contributed by atoms with Gasteiger partial charge in [0.05, 0.1) is 12.7 Å². The van der Waals surface area contributed by atoms with Crippen LogP contribution in [0.1, 0.15) is 21.5 Å². The van der Waals surface area contributed by atoms with E-state index in [-0.39, 0.29) is 5.97 Å². The second-order valence-electron chi connectivity index (χ2n) is 3.85. The van der Waals surface area contributed by atoms with Crippen molar-refractivity contribution in [3.05, 3.63) is 47.0 Å². The van der Waals surface area contributed by atoms with Crippen LogP contribution in [-0.4, -0.2) is 13.1 Å². The predicted octanol–water partition coefficient (Wildman–Crippen LogP) is 3.19. The SMILES string of the molecule is COC(=O)c1c2cccccc-2c(C)c1C. The molecular formula is C14H14O2. The molecular weight excluding hydrogens is 200 g/mol. The lowest BCUT2D eigenvalue weighted by molar-refractivity contribution is 0.0601. The monoisotopic (exact) mass is 214 g/mol. The lowest BCUT2D eigenvalue weighted by Crippen LogP contribution is -2.02. The van der Waals surface area contributed by atoms with Gasteiger partial charge in [0.2, 0.25) is 0 Å². The number of hydrogen-bond acceptors (Lipinski definition) is 2. The second kappa shape index (κ2) is 3.97. The van der Waals surface area contributed by atoms with Gasteiger partial charge < -0.3 is 4.74 Å². The van der Waals surface area contributed by atoms with Crippen LogP contribution in [0.15, 0.2) is 30.3 Å². The van der Waals surface area contributed by atoms with Crippen molar-refractivity contribution in [1.82, 2.24) is 0 Å². The highest BCUT2D eigenvalue weighted by molar-refractivity contribution is 6.02. The van der Waals surface area contributed by atoms with Crippen LogP contribution in [0, 0.1) is 13.8 Å². The molecule has 0 bridgehead atoms. The van der Waals surface area contributed by atoms with Gasteiger partial charge in [-0.2, -0.15) is 0 Å². The average molecular weight is 214 g/mol. The number of fused-ring (bicyclic) bond motifs is 1. The summed E-state index contributed by atoms with van der Waals surface area (Å²) in [6.45, 7) is 3.99. The molecule has 0 aromatic carbocycles. The molecule has 0 aromatic rings. The topological polar surface area (TPSA) is 26.3 Å². The van der Waals surface area contributed by atoms with Gasteiger partial charge >= 0.3 is 5.97 Å². The van der Waals surface area contributed by atoms with E-state index in [4.69, 9.17) is 4.74 Å². The third-order valence-electron chi connectivity index (χ3n) is 3.04. The first-order chi connectivity index (χ1) is 7.66. The largest absolute Gasteiger partial charge is 0.465 e. The molecule has 0 aromatic heterocycles. The second-order valence-corrected chi connectivity index (χ2v) is 3.85. The van der Waals surface area contributed by atoms with E-state index in [1.54, 1.807) is 0 Å². The van der Waals surface area contributed by atoms with Crippen molar-refractivity contribution in [2.45, 2.75) is 13.8 Å². The maximum Gasteiger partial charge on any atom is 0.338 e. The molecule has 82 valence electrons. The zero-order chi connectivity index (χ0) is 11.7. The summed E-state index contributed by atoms with van der Waals surface area (Å²) in [4.78, 5) is 11.7. The van der Waals surface area contributed by atoms with Crippen molar-refractivity contribution in [3.8, 4) is 11.1 Å². The van der Waals surface area contributed by atoms with Gasteiger partial charge in [-0.1, -0.05) is 30.3 Å². The Morgan fingerprint density at radius 3 is 2.25 bits per heavy atom. The molecule has 0 N–H and O–H groups in total. The van der Waals surface area contributed by atoms with Gasteiger partial charge in [-0.15, -0.1) is 0 Å². The van der Waals surface area contributed by atoms with Gasteiger partial charge in [0, 0.05) is 0 Å². The summed E-state index contributed by atoms with van der Waals surface area (Å²) in [5.74, 6) is -0.262. The summed E-state index contributed by atoms with van der Waals surface area (Å²) in [7, 11) is 1.42. The quantitative estimate of drug-likeness (QED) is 0.681. The third kappa shape index (κ3) is 1.47. The molecule has 2 rings (SSSR count). The van der Waals surface area contributed by atoms with Crippen molar-refractivity contribution in [3.63, 3.8) is 0 Å². The minimum atomic E-state index is -0.262. The van der Waals surface area contributed by atoms with Crippen LogP contribution in [-0.2, 0) is 4.74 Å². The summed E-state index contributed by atoms with van der Waals surface area (Å²) >= 11 is 0. The van der Waals surface area contributed by atoms with Gasteiger partial charge in [0.1, 0.15) is 0 Å². The Morgan fingerprint density at radius 2 is 1.62 bits per heavy atom. The van der Waals surface area contributed by atoms with E-state index < -0.39 is 0 Å². The van der Waals surface area contributed by atoms with E-state index in [9.17, 15) is 4.79 Å². The first-order valence-electron chi connectivity index (χ1n) is 5.23. The number of esters is 1. The molecule has 2 aliphatic carbocycles. The number of carbonyl (C=O) groups excluding carboxylic acids is 1. The number of carbonyl (C=O) groups is 1. The Labute approximate surface area is 95.2 Å². The van der Waals surface area contributed by atoms with Gasteiger partial charge in [-0.3, -0.25) is 0 Å². The molecule has 0 fully saturated rings. The highest BCUT2D eigenvalue weighted by Crippen LogP contribution is 2.35. The van der Waals surface area contributed by atoms with Crippen LogP contribution < -0.4 is 0 Å². The summed E-state index contributed by atoms with van der Waals surface area (Å²) in [6, 6.07) is 9.87. The van der Waals surface area contributed by atoms with Crippen LogP contribution in [0.25, 0.3) is 11.1 Å². The number of ether oxygens (including phenoxy) is 1.